The minimum Gasteiger partial charge on any atom is -0.462 e. The summed E-state index contributed by atoms with van der Waals surface area (Å²) in [5, 5.41) is 0. The predicted molar refractivity (Wildman–Crippen MR) is 334 cm³/mol. The van der Waals surface area contributed by atoms with Crippen molar-refractivity contribution in [1.29, 1.82) is 0 Å². The highest BCUT2D eigenvalue weighted by molar-refractivity contribution is 5.71. The fourth-order valence-corrected chi connectivity index (χ4v) is 8.99. The van der Waals surface area contributed by atoms with Gasteiger partial charge in [0.05, 0.1) is 0 Å². The molecule has 0 heterocycles. The van der Waals surface area contributed by atoms with Crippen molar-refractivity contribution in [2.45, 2.75) is 309 Å². The Morgan fingerprint density at radius 2 is 0.506 bits per heavy atom. The first-order valence-electron chi connectivity index (χ1n) is 32.4. The fraction of sp³-hybridized carbons (Fsp3) is 0.704. The number of esters is 3. The third kappa shape index (κ3) is 62.8. The zero-order valence-corrected chi connectivity index (χ0v) is 50.4. The van der Waals surface area contributed by atoms with Gasteiger partial charge in [0.1, 0.15) is 13.2 Å². The molecule has 0 aliphatic rings. The van der Waals surface area contributed by atoms with E-state index in [4.69, 9.17) is 14.2 Å². The number of carbonyl (C=O) groups is 3. The highest BCUT2D eigenvalue weighted by Crippen LogP contribution is 2.17. The Balaban J connectivity index is 4.44. The molecule has 0 N–H and O–H groups in total. The molecule has 1 unspecified atom stereocenters. The van der Waals surface area contributed by atoms with E-state index in [0.29, 0.717) is 19.3 Å². The lowest BCUT2D eigenvalue weighted by molar-refractivity contribution is -0.167. The van der Waals surface area contributed by atoms with E-state index in [-0.39, 0.29) is 31.1 Å². The molecule has 6 nitrogen and oxygen atoms in total. The second-order valence-electron chi connectivity index (χ2n) is 21.3. The number of rotatable bonds is 58. The molecule has 0 spiro atoms. The molecule has 0 amide bonds. The summed E-state index contributed by atoms with van der Waals surface area (Å²) in [6.07, 6.45) is 88.0. The maximum Gasteiger partial charge on any atom is 0.306 e. The van der Waals surface area contributed by atoms with Gasteiger partial charge in [0, 0.05) is 19.3 Å². The van der Waals surface area contributed by atoms with Crippen molar-refractivity contribution in [2.24, 2.45) is 0 Å². The largest absolute Gasteiger partial charge is 0.462 e. The van der Waals surface area contributed by atoms with Gasteiger partial charge in [-0.2, -0.15) is 0 Å². The van der Waals surface area contributed by atoms with E-state index in [9.17, 15) is 14.4 Å². The molecule has 0 radical (unpaired) electrons. The molecule has 77 heavy (non-hydrogen) atoms. The average molecular weight is 1070 g/mol. The number of hydrogen-bond acceptors (Lipinski definition) is 6. The van der Waals surface area contributed by atoms with E-state index in [1.807, 2.05) is 0 Å². The highest BCUT2D eigenvalue weighted by Gasteiger charge is 2.19. The van der Waals surface area contributed by atoms with Crippen LogP contribution in [0.4, 0.5) is 0 Å². The molecule has 0 aromatic rings. The van der Waals surface area contributed by atoms with Crippen LogP contribution in [0.15, 0.2) is 109 Å². The van der Waals surface area contributed by atoms with E-state index in [0.717, 1.165) is 148 Å². The average Bonchev–Trinajstić information content (AvgIpc) is 3.43. The molecule has 0 bridgehead atoms. The summed E-state index contributed by atoms with van der Waals surface area (Å²) in [4.78, 5) is 38.4. The van der Waals surface area contributed by atoms with Crippen molar-refractivity contribution >= 4 is 17.9 Å². The van der Waals surface area contributed by atoms with Gasteiger partial charge in [-0.15, -0.1) is 0 Å². The third-order valence-electron chi connectivity index (χ3n) is 13.8. The Hall–Kier alpha value is -3.93. The topological polar surface area (TPSA) is 78.9 Å². The SMILES string of the molecule is CC/C=C\C/C=C\C/C=C\C/C=C\C/C=C\CCCCCCCC(=O)OCC(COC(=O)CCCCCCCCCCCCCCCCCCCCC)OC(=O)CCCCCCCC/C=C\C/C=C\C/C=C\C/C=C\CC. The van der Waals surface area contributed by atoms with Gasteiger partial charge in [0.25, 0.3) is 0 Å². The van der Waals surface area contributed by atoms with E-state index < -0.39 is 6.10 Å². The van der Waals surface area contributed by atoms with E-state index in [1.54, 1.807) is 0 Å². The normalized spacial score (nSPS) is 12.8. The lowest BCUT2D eigenvalue weighted by Gasteiger charge is -2.18. The molecule has 0 aromatic carbocycles. The van der Waals surface area contributed by atoms with Crippen molar-refractivity contribution in [3.8, 4) is 0 Å². The van der Waals surface area contributed by atoms with Crippen molar-refractivity contribution in [1.82, 2.24) is 0 Å². The molecular weight excluding hydrogens is 949 g/mol. The van der Waals surface area contributed by atoms with Crippen LogP contribution >= 0.6 is 0 Å². The molecule has 0 saturated heterocycles. The standard InChI is InChI=1S/C71H120O6/c1-4-7-10-13-16-19-22-25-28-31-34-35-38-40-43-46-49-52-55-58-61-64-70(73)76-67-68(77-71(74)65-62-59-56-53-50-47-44-41-37-33-30-27-24-21-18-15-12-9-6-3)66-75-69(72)63-60-57-54-51-48-45-42-39-36-32-29-26-23-20-17-14-11-8-5-2/h7,9-10,12,16,18-19,21,25,27-28,30,34-35,37,40-41,43,68H,4-6,8,11,13-15,17,20,22-24,26,29,31-33,36,38-39,42,44-67H2,1-3H3/b10-7-,12-9-,19-16-,21-18-,28-25-,30-27-,35-34-,41-37-,43-40-. The Morgan fingerprint density at radius 1 is 0.273 bits per heavy atom. The summed E-state index contributed by atoms with van der Waals surface area (Å²) in [6.45, 7) is 6.42. The summed E-state index contributed by atoms with van der Waals surface area (Å²) in [6, 6.07) is 0. The van der Waals surface area contributed by atoms with Crippen molar-refractivity contribution < 1.29 is 28.6 Å². The molecule has 6 heteroatoms. The molecule has 0 aromatic heterocycles. The van der Waals surface area contributed by atoms with Crippen LogP contribution in [0, 0.1) is 0 Å². The number of ether oxygens (including phenoxy) is 3. The van der Waals surface area contributed by atoms with Gasteiger partial charge < -0.3 is 14.2 Å². The summed E-state index contributed by atoms with van der Waals surface area (Å²) in [5.41, 5.74) is 0. The number of unbranched alkanes of at least 4 members (excludes halogenated alkanes) is 29. The van der Waals surface area contributed by atoms with Gasteiger partial charge >= 0.3 is 17.9 Å². The first-order valence-corrected chi connectivity index (χ1v) is 32.4. The van der Waals surface area contributed by atoms with Crippen LogP contribution in [0.25, 0.3) is 0 Å². The van der Waals surface area contributed by atoms with Crippen LogP contribution in [0.2, 0.25) is 0 Å². The smallest absolute Gasteiger partial charge is 0.306 e. The summed E-state index contributed by atoms with van der Waals surface area (Å²) in [7, 11) is 0. The molecule has 0 rings (SSSR count). The Bertz CT molecular complexity index is 1560. The zero-order chi connectivity index (χ0) is 55.7. The monoisotopic (exact) mass is 1070 g/mol. The molecule has 0 aliphatic carbocycles. The Kier molecular flexibility index (Phi) is 61.3. The van der Waals surface area contributed by atoms with Gasteiger partial charge in [-0.05, 0) is 103 Å². The third-order valence-corrected chi connectivity index (χ3v) is 13.8. The van der Waals surface area contributed by atoms with E-state index in [1.165, 1.54) is 116 Å². The minimum absolute atomic E-state index is 0.0891. The zero-order valence-electron chi connectivity index (χ0n) is 50.4. The van der Waals surface area contributed by atoms with E-state index >= 15 is 0 Å². The minimum atomic E-state index is -0.796. The van der Waals surface area contributed by atoms with Gasteiger partial charge in [-0.1, -0.05) is 291 Å². The quantitative estimate of drug-likeness (QED) is 0.0261. The summed E-state index contributed by atoms with van der Waals surface area (Å²) in [5.74, 6) is -0.912. The van der Waals surface area contributed by atoms with Crippen LogP contribution in [-0.4, -0.2) is 37.2 Å². The van der Waals surface area contributed by atoms with Gasteiger partial charge in [-0.3, -0.25) is 14.4 Å². The molecule has 1 atom stereocenters. The molecule has 0 aliphatic heterocycles. The van der Waals surface area contributed by atoms with Gasteiger partial charge in [0.2, 0.25) is 0 Å². The first-order chi connectivity index (χ1) is 38.0. The molecular formula is C71H120O6. The van der Waals surface area contributed by atoms with Crippen LogP contribution in [0.5, 0.6) is 0 Å². The number of allylic oxidation sites excluding steroid dienone is 18. The maximum absolute atomic E-state index is 12.9. The van der Waals surface area contributed by atoms with E-state index in [2.05, 4.69) is 130 Å². The van der Waals surface area contributed by atoms with Crippen LogP contribution in [0.3, 0.4) is 0 Å². The van der Waals surface area contributed by atoms with Crippen LogP contribution in [0.1, 0.15) is 303 Å². The lowest BCUT2D eigenvalue weighted by Crippen LogP contribution is -2.30. The Morgan fingerprint density at radius 3 is 0.792 bits per heavy atom. The second-order valence-corrected chi connectivity index (χ2v) is 21.3. The predicted octanol–water partition coefficient (Wildman–Crippen LogP) is 22.2. The lowest BCUT2D eigenvalue weighted by atomic mass is 10.0. The highest BCUT2D eigenvalue weighted by atomic mass is 16.6. The molecule has 440 valence electrons. The Labute approximate surface area is 476 Å². The van der Waals surface area contributed by atoms with Crippen molar-refractivity contribution in [3.05, 3.63) is 109 Å². The van der Waals surface area contributed by atoms with Crippen molar-refractivity contribution in [2.75, 3.05) is 13.2 Å². The maximum atomic E-state index is 12.9. The molecule has 0 saturated carbocycles. The van der Waals surface area contributed by atoms with Crippen LogP contribution < -0.4 is 0 Å². The summed E-state index contributed by atoms with van der Waals surface area (Å²) >= 11 is 0. The van der Waals surface area contributed by atoms with Crippen molar-refractivity contribution in [3.63, 3.8) is 0 Å². The molecule has 0 fully saturated rings. The summed E-state index contributed by atoms with van der Waals surface area (Å²) < 4.78 is 16.9. The number of hydrogen-bond donors (Lipinski definition) is 0. The first kappa shape index (κ1) is 73.1. The number of carbonyl (C=O) groups excluding carboxylic acids is 3. The van der Waals surface area contributed by atoms with Crippen LogP contribution in [-0.2, 0) is 28.6 Å². The van der Waals surface area contributed by atoms with Gasteiger partial charge in [0.15, 0.2) is 6.10 Å². The van der Waals surface area contributed by atoms with Gasteiger partial charge in [-0.25, -0.2) is 0 Å². The fourth-order valence-electron chi connectivity index (χ4n) is 8.99. The second kappa shape index (κ2) is 64.6.